The smallest absolute Gasteiger partial charge is 0.267 e. The average Bonchev–Trinajstić information content (AvgIpc) is 2.41. The summed E-state index contributed by atoms with van der Waals surface area (Å²) < 4.78 is 1.23. The molecule has 0 amide bonds. The summed E-state index contributed by atoms with van der Waals surface area (Å²) in [6.07, 6.45) is 2.00. The molecule has 5 heteroatoms. The van der Waals surface area contributed by atoms with Gasteiger partial charge in [-0.2, -0.15) is 10.4 Å². The van der Waals surface area contributed by atoms with Crippen LogP contribution in [0.1, 0.15) is 5.56 Å². The number of rotatable bonds is 2. The molecule has 0 aliphatic heterocycles. The van der Waals surface area contributed by atoms with Gasteiger partial charge < -0.3 is 0 Å². The number of nitriles is 1. The van der Waals surface area contributed by atoms with Gasteiger partial charge in [-0.1, -0.05) is 12.1 Å². The zero-order valence-corrected chi connectivity index (χ0v) is 10.9. The number of aromatic nitrogens is 2. The van der Waals surface area contributed by atoms with E-state index in [9.17, 15) is 4.79 Å². The van der Waals surface area contributed by atoms with Gasteiger partial charge in [0.15, 0.2) is 0 Å². The Morgan fingerprint density at radius 3 is 2.56 bits per heavy atom. The van der Waals surface area contributed by atoms with E-state index in [0.29, 0.717) is 11.3 Å². The lowest BCUT2D eigenvalue weighted by Gasteiger charge is -2.05. The van der Waals surface area contributed by atoms with Crippen LogP contribution in [0.5, 0.6) is 0 Å². The third-order valence-corrected chi connectivity index (χ3v) is 3.32. The van der Waals surface area contributed by atoms with Gasteiger partial charge in [0.1, 0.15) is 11.8 Å². The third-order valence-electron chi connectivity index (χ3n) is 2.58. The molecule has 1 aromatic carbocycles. The third kappa shape index (κ3) is 2.29. The molecule has 0 atom stereocenters. The van der Waals surface area contributed by atoms with Crippen molar-refractivity contribution in [3.05, 3.63) is 46.2 Å². The average molecular weight is 257 g/mol. The van der Waals surface area contributed by atoms with Crippen LogP contribution in [0.25, 0.3) is 11.3 Å². The Hall–Kier alpha value is -2.06. The fourth-order valence-corrected chi connectivity index (χ4v) is 1.99. The van der Waals surface area contributed by atoms with Crippen molar-refractivity contribution in [3.8, 4) is 17.3 Å². The van der Waals surface area contributed by atoms with E-state index in [4.69, 9.17) is 5.26 Å². The molecule has 0 N–H and O–H groups in total. The first kappa shape index (κ1) is 12.4. The van der Waals surface area contributed by atoms with Crippen LogP contribution in [-0.4, -0.2) is 16.0 Å². The summed E-state index contributed by atoms with van der Waals surface area (Å²) in [6.45, 7) is 0. The first-order chi connectivity index (χ1) is 8.65. The molecule has 0 radical (unpaired) electrons. The second kappa shape index (κ2) is 5.07. The lowest BCUT2D eigenvalue weighted by molar-refractivity contribution is 0.710. The van der Waals surface area contributed by atoms with E-state index in [1.54, 1.807) is 18.8 Å². The predicted octanol–water partition coefficient (Wildman–Crippen LogP) is 2.04. The van der Waals surface area contributed by atoms with Crippen molar-refractivity contribution in [1.82, 2.24) is 9.78 Å². The number of hydrogen-bond acceptors (Lipinski definition) is 4. The molecule has 0 aliphatic carbocycles. The van der Waals surface area contributed by atoms with E-state index < -0.39 is 0 Å². The van der Waals surface area contributed by atoms with Gasteiger partial charge in [-0.25, -0.2) is 4.68 Å². The largest absolute Gasteiger partial charge is 0.268 e. The van der Waals surface area contributed by atoms with E-state index in [2.05, 4.69) is 5.10 Å². The van der Waals surface area contributed by atoms with Crippen LogP contribution in [0.4, 0.5) is 0 Å². The molecule has 90 valence electrons. The molecule has 0 aliphatic rings. The van der Waals surface area contributed by atoms with Gasteiger partial charge in [-0.05, 0) is 18.4 Å². The molecule has 0 bridgehead atoms. The van der Waals surface area contributed by atoms with Gasteiger partial charge in [0.05, 0.1) is 5.56 Å². The number of thioether (sulfide) groups is 1. The van der Waals surface area contributed by atoms with Gasteiger partial charge in [-0.3, -0.25) is 4.79 Å². The van der Waals surface area contributed by atoms with Crippen molar-refractivity contribution >= 4 is 11.8 Å². The molecule has 0 fully saturated rings. The van der Waals surface area contributed by atoms with Crippen LogP contribution >= 0.6 is 11.8 Å². The maximum absolute atomic E-state index is 11.4. The Bertz CT molecular complexity index is 668. The zero-order chi connectivity index (χ0) is 13.1. The van der Waals surface area contributed by atoms with Crippen LogP contribution in [0.3, 0.4) is 0 Å². The van der Waals surface area contributed by atoms with E-state index in [1.165, 1.54) is 10.7 Å². The Morgan fingerprint density at radius 1 is 1.33 bits per heavy atom. The molecule has 0 unspecified atom stereocenters. The van der Waals surface area contributed by atoms with Gasteiger partial charge in [0.25, 0.3) is 5.56 Å². The highest BCUT2D eigenvalue weighted by Gasteiger charge is 2.09. The second-order valence-electron chi connectivity index (χ2n) is 3.71. The van der Waals surface area contributed by atoms with Crippen LogP contribution in [-0.2, 0) is 7.05 Å². The van der Waals surface area contributed by atoms with Gasteiger partial charge in [-0.15, -0.1) is 11.8 Å². The Morgan fingerprint density at radius 2 is 2.00 bits per heavy atom. The number of hydrogen-bond donors (Lipinski definition) is 0. The molecule has 0 saturated heterocycles. The lowest BCUT2D eigenvalue weighted by atomic mass is 10.1. The molecule has 0 spiro atoms. The fourth-order valence-electron chi connectivity index (χ4n) is 1.59. The molecular weight excluding hydrogens is 246 g/mol. The maximum Gasteiger partial charge on any atom is 0.267 e. The molecule has 18 heavy (non-hydrogen) atoms. The van der Waals surface area contributed by atoms with Crippen molar-refractivity contribution in [2.24, 2.45) is 7.05 Å². The Labute approximate surface area is 109 Å². The Kier molecular flexibility index (Phi) is 3.49. The first-order valence-corrected chi connectivity index (χ1v) is 6.51. The Balaban J connectivity index is 2.59. The van der Waals surface area contributed by atoms with E-state index in [0.717, 1.165) is 10.5 Å². The number of aryl methyl sites for hydroxylation is 1. The highest BCUT2D eigenvalue weighted by molar-refractivity contribution is 7.98. The van der Waals surface area contributed by atoms with E-state index in [-0.39, 0.29) is 5.56 Å². The van der Waals surface area contributed by atoms with Crippen molar-refractivity contribution < 1.29 is 0 Å². The van der Waals surface area contributed by atoms with Gasteiger partial charge >= 0.3 is 0 Å². The molecule has 1 heterocycles. The van der Waals surface area contributed by atoms with Crippen LogP contribution in [0, 0.1) is 11.3 Å². The quantitative estimate of drug-likeness (QED) is 0.772. The summed E-state index contributed by atoms with van der Waals surface area (Å²) in [7, 11) is 1.57. The molecule has 0 saturated carbocycles. The summed E-state index contributed by atoms with van der Waals surface area (Å²) in [5, 5.41) is 13.2. The number of nitrogens with zero attached hydrogens (tertiary/aromatic N) is 3. The monoisotopic (exact) mass is 257 g/mol. The predicted molar refractivity (Wildman–Crippen MR) is 71.4 cm³/mol. The molecule has 2 rings (SSSR count). The fraction of sp³-hybridized carbons (Fsp3) is 0.154. The second-order valence-corrected chi connectivity index (χ2v) is 4.59. The topological polar surface area (TPSA) is 58.7 Å². The summed E-state index contributed by atoms with van der Waals surface area (Å²) in [5.74, 6) is 0. The van der Waals surface area contributed by atoms with Gasteiger partial charge in [0.2, 0.25) is 0 Å². The van der Waals surface area contributed by atoms with E-state index in [1.807, 2.05) is 36.6 Å². The highest BCUT2D eigenvalue weighted by atomic mass is 32.2. The van der Waals surface area contributed by atoms with Crippen LogP contribution in [0.15, 0.2) is 40.0 Å². The lowest BCUT2D eigenvalue weighted by Crippen LogP contribution is -2.20. The first-order valence-electron chi connectivity index (χ1n) is 5.28. The zero-order valence-electron chi connectivity index (χ0n) is 10.0. The summed E-state index contributed by atoms with van der Waals surface area (Å²) >= 11 is 1.65. The minimum absolute atomic E-state index is 0.281. The minimum atomic E-state index is -0.281. The summed E-state index contributed by atoms with van der Waals surface area (Å²) in [5.41, 5.74) is 1.39. The molecule has 1 aromatic heterocycles. The van der Waals surface area contributed by atoms with Crippen molar-refractivity contribution in [1.29, 1.82) is 5.26 Å². The van der Waals surface area contributed by atoms with Crippen molar-refractivity contribution in [3.63, 3.8) is 0 Å². The van der Waals surface area contributed by atoms with Crippen molar-refractivity contribution in [2.45, 2.75) is 4.90 Å². The molecule has 4 nitrogen and oxygen atoms in total. The number of benzene rings is 1. The summed E-state index contributed by atoms with van der Waals surface area (Å²) in [4.78, 5) is 12.6. The highest BCUT2D eigenvalue weighted by Crippen LogP contribution is 2.23. The molecular formula is C13H11N3OS. The standard InChI is InChI=1S/C13H11N3OS/c1-16-12(17)7-10(8-14)13(15-16)9-3-5-11(18-2)6-4-9/h3-7H,1-2H3. The normalized spacial score (nSPS) is 10.1. The maximum atomic E-state index is 11.4. The SMILES string of the molecule is CSc1ccc(-c2nn(C)c(=O)cc2C#N)cc1. The minimum Gasteiger partial charge on any atom is -0.268 e. The molecule has 2 aromatic rings. The van der Waals surface area contributed by atoms with Crippen molar-refractivity contribution in [2.75, 3.05) is 6.26 Å². The summed E-state index contributed by atoms with van der Waals surface area (Å²) in [6, 6.07) is 11.1. The van der Waals surface area contributed by atoms with Crippen LogP contribution < -0.4 is 5.56 Å². The van der Waals surface area contributed by atoms with Gasteiger partial charge in [0, 0.05) is 23.6 Å². The van der Waals surface area contributed by atoms with Crippen LogP contribution in [0.2, 0.25) is 0 Å². The van der Waals surface area contributed by atoms with E-state index >= 15 is 0 Å².